The van der Waals surface area contributed by atoms with Crippen LogP contribution in [0.5, 0.6) is 0 Å². The lowest BCUT2D eigenvalue weighted by Crippen LogP contribution is -2.43. The molecular formula is C23H19N3O2. The van der Waals surface area contributed by atoms with Gasteiger partial charge in [0.15, 0.2) is 5.78 Å². The van der Waals surface area contributed by atoms with Crippen LogP contribution in [0.15, 0.2) is 42.6 Å². The lowest BCUT2D eigenvalue weighted by molar-refractivity contribution is -0.117. The average molecular weight is 369 g/mol. The summed E-state index contributed by atoms with van der Waals surface area (Å²) in [5, 5.41) is 14.7. The number of fused-ring (bicyclic) bond motifs is 3. The number of anilines is 1. The van der Waals surface area contributed by atoms with E-state index in [-0.39, 0.29) is 23.7 Å². The number of carbonyl (C=O) groups is 2. The van der Waals surface area contributed by atoms with Crippen LogP contribution in [0.1, 0.15) is 54.2 Å². The molecule has 28 heavy (non-hydrogen) atoms. The number of amides is 1. The van der Waals surface area contributed by atoms with Crippen LogP contribution in [0.3, 0.4) is 0 Å². The summed E-state index contributed by atoms with van der Waals surface area (Å²) in [4.78, 5) is 26.6. The Morgan fingerprint density at radius 3 is 2.54 bits per heavy atom. The van der Waals surface area contributed by atoms with Gasteiger partial charge in [-0.25, -0.2) is 0 Å². The van der Waals surface area contributed by atoms with Gasteiger partial charge in [0.1, 0.15) is 11.9 Å². The number of benzene rings is 2. The molecule has 5 nitrogen and oxygen atoms in total. The summed E-state index contributed by atoms with van der Waals surface area (Å²) in [6, 6.07) is 13.8. The maximum atomic E-state index is 13.8. The van der Waals surface area contributed by atoms with E-state index in [1.54, 1.807) is 6.20 Å². The van der Waals surface area contributed by atoms with Gasteiger partial charge in [-0.2, -0.15) is 5.26 Å². The molecule has 0 radical (unpaired) electrons. The van der Waals surface area contributed by atoms with Crippen LogP contribution in [0, 0.1) is 11.3 Å². The first-order chi connectivity index (χ1) is 13.3. The van der Waals surface area contributed by atoms with Gasteiger partial charge in [0.05, 0.1) is 11.0 Å². The van der Waals surface area contributed by atoms with Gasteiger partial charge < -0.3 is 9.88 Å². The van der Waals surface area contributed by atoms with E-state index in [0.717, 1.165) is 16.3 Å². The zero-order valence-corrected chi connectivity index (χ0v) is 16.0. The number of carbonyl (C=O) groups excluding carboxylic acids is 2. The zero-order valence-electron chi connectivity index (χ0n) is 16.0. The van der Waals surface area contributed by atoms with E-state index in [9.17, 15) is 14.9 Å². The minimum atomic E-state index is -1.15. The number of nitrogens with zero attached hydrogens (tertiary/aromatic N) is 2. The average Bonchev–Trinajstić information content (AvgIpc) is 3.14. The minimum absolute atomic E-state index is 0.00939. The summed E-state index contributed by atoms with van der Waals surface area (Å²) < 4.78 is 1.90. The Bertz CT molecular complexity index is 1250. The maximum Gasteiger partial charge on any atom is 0.227 e. The molecule has 1 atom stereocenters. The van der Waals surface area contributed by atoms with Gasteiger partial charge in [-0.15, -0.1) is 0 Å². The third-order valence-corrected chi connectivity index (χ3v) is 5.96. The summed E-state index contributed by atoms with van der Waals surface area (Å²) in [5.74, 6) is 0.246. The number of rotatable bonds is 0. The van der Waals surface area contributed by atoms with E-state index in [1.165, 1.54) is 0 Å². The zero-order chi connectivity index (χ0) is 19.8. The lowest BCUT2D eigenvalue weighted by atomic mass is 9.69. The number of hydrogen-bond acceptors (Lipinski definition) is 3. The van der Waals surface area contributed by atoms with Crippen LogP contribution < -0.4 is 5.32 Å². The summed E-state index contributed by atoms with van der Waals surface area (Å²) in [7, 11) is 0. The monoisotopic (exact) mass is 369 g/mol. The Balaban J connectivity index is 1.94. The largest absolute Gasteiger partial charge is 0.328 e. The summed E-state index contributed by atoms with van der Waals surface area (Å²) in [5.41, 5.74) is 1.00. The minimum Gasteiger partial charge on any atom is -0.328 e. The molecule has 0 saturated heterocycles. The highest BCUT2D eigenvalue weighted by Crippen LogP contribution is 2.54. The second-order valence-electron chi connectivity index (χ2n) is 8.59. The fourth-order valence-corrected chi connectivity index (χ4v) is 4.84. The van der Waals surface area contributed by atoms with Crippen molar-refractivity contribution in [3.8, 4) is 6.07 Å². The Morgan fingerprint density at radius 2 is 1.86 bits per heavy atom. The Hall–Kier alpha value is -3.39. The van der Waals surface area contributed by atoms with Crippen molar-refractivity contribution in [3.05, 3.63) is 64.8 Å². The highest BCUT2D eigenvalue weighted by molar-refractivity contribution is 6.25. The number of aromatic nitrogens is 1. The van der Waals surface area contributed by atoms with Crippen LogP contribution in [-0.2, 0) is 15.7 Å². The smallest absolute Gasteiger partial charge is 0.227 e. The first kappa shape index (κ1) is 16.8. The van der Waals surface area contributed by atoms with E-state index in [2.05, 4.69) is 11.4 Å². The topological polar surface area (TPSA) is 74.9 Å². The highest BCUT2D eigenvalue weighted by atomic mass is 16.2. The van der Waals surface area contributed by atoms with Crippen LogP contribution in [0.25, 0.3) is 10.8 Å². The fourth-order valence-electron chi connectivity index (χ4n) is 4.84. The molecule has 5 rings (SSSR count). The van der Waals surface area contributed by atoms with Gasteiger partial charge in [-0.3, -0.25) is 9.59 Å². The van der Waals surface area contributed by atoms with Crippen molar-refractivity contribution in [1.82, 2.24) is 4.57 Å². The maximum absolute atomic E-state index is 13.8. The molecule has 2 aliphatic rings. The molecule has 0 saturated carbocycles. The molecule has 2 heterocycles. The van der Waals surface area contributed by atoms with Crippen molar-refractivity contribution in [2.75, 3.05) is 5.32 Å². The van der Waals surface area contributed by atoms with Crippen LogP contribution >= 0.6 is 0 Å². The van der Waals surface area contributed by atoms with Crippen molar-refractivity contribution in [1.29, 1.82) is 5.26 Å². The third kappa shape index (κ3) is 1.85. The molecule has 1 aliphatic heterocycles. The molecule has 1 spiro atoms. The van der Waals surface area contributed by atoms with Crippen molar-refractivity contribution in [2.24, 2.45) is 0 Å². The van der Waals surface area contributed by atoms with Crippen molar-refractivity contribution < 1.29 is 9.59 Å². The molecule has 0 fully saturated rings. The molecule has 5 heteroatoms. The van der Waals surface area contributed by atoms with E-state index >= 15 is 0 Å². The Kier molecular flexibility index (Phi) is 3.06. The van der Waals surface area contributed by atoms with Gasteiger partial charge in [0.2, 0.25) is 5.91 Å². The Labute approximate surface area is 162 Å². The van der Waals surface area contributed by atoms with Gasteiger partial charge >= 0.3 is 0 Å². The Morgan fingerprint density at radius 1 is 1.14 bits per heavy atom. The number of ketones is 1. The van der Waals surface area contributed by atoms with Crippen LogP contribution in [-0.4, -0.2) is 16.3 Å². The van der Waals surface area contributed by atoms with Gasteiger partial charge in [0.25, 0.3) is 0 Å². The number of nitriles is 1. The first-order valence-corrected chi connectivity index (χ1v) is 9.32. The quantitative estimate of drug-likeness (QED) is 0.648. The standard InChI is InChI=1S/C23H19N3O2/c1-22(2,3)26-12-14(11-24)19-21(26)25-17(27)10-23(19)16-9-5-7-13-6-4-8-15(18(13)16)20(23)28/h4-9,12H,10H2,1-3H3,(H,25,27). The normalized spacial score (nSPS) is 20.4. The third-order valence-electron chi connectivity index (χ3n) is 5.96. The number of nitrogens with one attached hydrogen (secondary N) is 1. The molecule has 0 bridgehead atoms. The van der Waals surface area contributed by atoms with E-state index in [0.29, 0.717) is 22.5 Å². The van der Waals surface area contributed by atoms with Gasteiger partial charge in [-0.1, -0.05) is 36.4 Å². The molecule has 1 aliphatic carbocycles. The second-order valence-corrected chi connectivity index (χ2v) is 8.59. The van der Waals surface area contributed by atoms with Crippen LogP contribution in [0.4, 0.5) is 5.82 Å². The molecular weight excluding hydrogens is 350 g/mol. The van der Waals surface area contributed by atoms with Crippen molar-refractivity contribution >= 4 is 28.3 Å². The van der Waals surface area contributed by atoms with Crippen molar-refractivity contribution in [2.45, 2.75) is 38.1 Å². The SMILES string of the molecule is CC(C)(C)n1cc(C#N)c2c1NC(=O)CC21C(=O)c2cccc3cccc1c23. The lowest BCUT2D eigenvalue weighted by Gasteiger charge is -2.35. The van der Waals surface area contributed by atoms with Gasteiger partial charge in [0, 0.05) is 29.3 Å². The van der Waals surface area contributed by atoms with E-state index in [4.69, 9.17) is 0 Å². The summed E-state index contributed by atoms with van der Waals surface area (Å²) in [6.07, 6.45) is 1.77. The summed E-state index contributed by atoms with van der Waals surface area (Å²) in [6.45, 7) is 6.02. The van der Waals surface area contributed by atoms with Crippen LogP contribution in [0.2, 0.25) is 0 Å². The van der Waals surface area contributed by atoms with Gasteiger partial charge in [-0.05, 0) is 37.1 Å². The molecule has 1 aromatic heterocycles. The molecule has 1 unspecified atom stereocenters. The predicted octanol–water partition coefficient (Wildman–Crippen LogP) is 4.09. The van der Waals surface area contributed by atoms with E-state index in [1.807, 2.05) is 61.7 Å². The molecule has 138 valence electrons. The molecule has 3 aromatic rings. The second kappa shape index (κ2) is 5.11. The predicted molar refractivity (Wildman–Crippen MR) is 106 cm³/mol. The molecule has 1 amide bonds. The fraction of sp³-hybridized carbons (Fsp3) is 0.261. The molecule has 2 aromatic carbocycles. The number of Topliss-reactive ketones (excluding diaryl/α,β-unsaturated/α-hetero) is 1. The summed E-state index contributed by atoms with van der Waals surface area (Å²) >= 11 is 0. The van der Waals surface area contributed by atoms with E-state index < -0.39 is 5.41 Å². The molecule has 1 N–H and O–H groups in total. The highest BCUT2D eigenvalue weighted by Gasteiger charge is 2.55. The number of hydrogen-bond donors (Lipinski definition) is 1. The first-order valence-electron chi connectivity index (χ1n) is 9.32. The van der Waals surface area contributed by atoms with Crippen molar-refractivity contribution in [3.63, 3.8) is 0 Å².